The van der Waals surface area contributed by atoms with Crippen LogP contribution in [0.15, 0.2) is 53.4 Å². The number of hydrogen-bond donors (Lipinski definition) is 1. The van der Waals surface area contributed by atoms with Crippen LogP contribution >= 0.6 is 0 Å². The number of rotatable bonds is 8. The fraction of sp³-hybridized carbons (Fsp3) is 0.455. The lowest BCUT2D eigenvalue weighted by Gasteiger charge is -2.28. The number of nitrogens with one attached hydrogen (secondary N) is 1. The van der Waals surface area contributed by atoms with E-state index in [2.05, 4.69) is 40.8 Å². The molecule has 5 heteroatoms. The molecule has 0 bridgehead atoms. The van der Waals surface area contributed by atoms with Crippen molar-refractivity contribution in [1.82, 2.24) is 4.72 Å². The van der Waals surface area contributed by atoms with Gasteiger partial charge in [0.15, 0.2) is 0 Å². The molecule has 1 fully saturated rings. The van der Waals surface area contributed by atoms with Crippen LogP contribution in [0.5, 0.6) is 0 Å². The van der Waals surface area contributed by atoms with Crippen LogP contribution < -0.4 is 9.62 Å². The van der Waals surface area contributed by atoms with Gasteiger partial charge in [0.25, 0.3) is 0 Å². The van der Waals surface area contributed by atoms with Crippen LogP contribution in [0.25, 0.3) is 0 Å². The van der Waals surface area contributed by atoms with Gasteiger partial charge in [-0.15, -0.1) is 0 Å². The average Bonchev–Trinajstić information content (AvgIpc) is 2.72. The van der Waals surface area contributed by atoms with Crippen molar-refractivity contribution in [1.29, 1.82) is 0 Å². The molecule has 27 heavy (non-hydrogen) atoms. The molecule has 2 aromatic carbocycles. The maximum atomic E-state index is 12.3. The molecule has 146 valence electrons. The number of nitrogens with zero attached hydrogens (tertiary/aromatic N) is 1. The Hall–Kier alpha value is -1.85. The third-order valence-corrected chi connectivity index (χ3v) is 6.71. The van der Waals surface area contributed by atoms with Crippen molar-refractivity contribution in [3.63, 3.8) is 0 Å². The summed E-state index contributed by atoms with van der Waals surface area (Å²) in [5.74, 6) is 0. The molecule has 4 nitrogen and oxygen atoms in total. The summed E-state index contributed by atoms with van der Waals surface area (Å²) in [5.41, 5.74) is 3.69. The SMILES string of the molecule is CCc1ccc(S(=O)(=O)NCCCc2ccc(N3CCCCC3)cc2)cc1. The van der Waals surface area contributed by atoms with Crippen molar-refractivity contribution >= 4 is 15.7 Å². The second kappa shape index (κ2) is 9.38. The van der Waals surface area contributed by atoms with Crippen LogP contribution in [0.3, 0.4) is 0 Å². The predicted octanol–water partition coefficient (Wildman–Crippen LogP) is 4.15. The van der Waals surface area contributed by atoms with E-state index in [0.717, 1.165) is 37.9 Å². The highest BCUT2D eigenvalue weighted by Crippen LogP contribution is 2.20. The smallest absolute Gasteiger partial charge is 0.240 e. The first-order valence-electron chi connectivity index (χ1n) is 10.0. The van der Waals surface area contributed by atoms with Gasteiger partial charge in [0, 0.05) is 25.3 Å². The summed E-state index contributed by atoms with van der Waals surface area (Å²) < 4.78 is 27.4. The van der Waals surface area contributed by atoms with E-state index in [0.29, 0.717) is 11.4 Å². The molecule has 2 aromatic rings. The number of sulfonamides is 1. The van der Waals surface area contributed by atoms with E-state index >= 15 is 0 Å². The van der Waals surface area contributed by atoms with Gasteiger partial charge in [-0.3, -0.25) is 0 Å². The Morgan fingerprint density at radius 3 is 2.15 bits per heavy atom. The molecule has 0 radical (unpaired) electrons. The minimum absolute atomic E-state index is 0.339. The average molecular weight is 387 g/mol. The van der Waals surface area contributed by atoms with Gasteiger partial charge in [-0.2, -0.15) is 0 Å². The topological polar surface area (TPSA) is 49.4 Å². The lowest BCUT2D eigenvalue weighted by atomic mass is 10.1. The fourth-order valence-corrected chi connectivity index (χ4v) is 4.59. The normalized spacial score (nSPS) is 15.1. The molecular weight excluding hydrogens is 356 g/mol. The van der Waals surface area contributed by atoms with E-state index in [-0.39, 0.29) is 0 Å². The zero-order valence-electron chi connectivity index (χ0n) is 16.2. The summed E-state index contributed by atoms with van der Waals surface area (Å²) >= 11 is 0. The summed E-state index contributed by atoms with van der Waals surface area (Å²) in [7, 11) is -3.42. The molecule has 0 unspecified atom stereocenters. The van der Waals surface area contributed by atoms with Gasteiger partial charge in [0.2, 0.25) is 10.0 Å². The number of benzene rings is 2. The van der Waals surface area contributed by atoms with Crippen molar-refractivity contribution < 1.29 is 8.42 Å². The second-order valence-electron chi connectivity index (χ2n) is 7.21. The molecule has 3 rings (SSSR count). The van der Waals surface area contributed by atoms with E-state index in [4.69, 9.17) is 0 Å². The van der Waals surface area contributed by atoms with Crippen LogP contribution in [0.1, 0.15) is 43.7 Å². The van der Waals surface area contributed by atoms with Crippen LogP contribution in [-0.2, 0) is 22.9 Å². The molecule has 0 amide bonds. The predicted molar refractivity (Wildman–Crippen MR) is 112 cm³/mol. The van der Waals surface area contributed by atoms with E-state index < -0.39 is 10.0 Å². The van der Waals surface area contributed by atoms with Gasteiger partial charge in [0.05, 0.1) is 4.90 Å². The molecule has 0 aliphatic carbocycles. The molecule has 1 saturated heterocycles. The van der Waals surface area contributed by atoms with Crippen molar-refractivity contribution in [3.8, 4) is 0 Å². The molecule has 0 saturated carbocycles. The molecule has 1 heterocycles. The van der Waals surface area contributed by atoms with Crippen molar-refractivity contribution in [3.05, 3.63) is 59.7 Å². The number of aryl methyl sites for hydroxylation is 2. The Bertz CT molecular complexity index is 808. The fourth-order valence-electron chi connectivity index (χ4n) is 3.51. The van der Waals surface area contributed by atoms with E-state index in [1.165, 1.54) is 30.5 Å². The zero-order chi connectivity index (χ0) is 19.1. The highest BCUT2D eigenvalue weighted by atomic mass is 32.2. The Morgan fingerprint density at radius 2 is 1.52 bits per heavy atom. The summed E-state index contributed by atoms with van der Waals surface area (Å²) in [6.45, 7) is 4.81. The molecule has 1 aliphatic heterocycles. The lowest BCUT2D eigenvalue weighted by Crippen LogP contribution is -2.29. The highest BCUT2D eigenvalue weighted by Gasteiger charge is 2.13. The third-order valence-electron chi connectivity index (χ3n) is 5.23. The Kier molecular flexibility index (Phi) is 6.91. The quantitative estimate of drug-likeness (QED) is 0.694. The number of hydrogen-bond acceptors (Lipinski definition) is 3. The molecular formula is C22H30N2O2S. The van der Waals surface area contributed by atoms with E-state index in [1.807, 2.05) is 12.1 Å². The van der Waals surface area contributed by atoms with Crippen molar-refractivity contribution in [2.75, 3.05) is 24.5 Å². The van der Waals surface area contributed by atoms with Gasteiger partial charge in [-0.05, 0) is 73.9 Å². The molecule has 1 N–H and O–H groups in total. The molecule has 0 spiro atoms. The largest absolute Gasteiger partial charge is 0.372 e. The van der Waals surface area contributed by atoms with Crippen LogP contribution in [0.2, 0.25) is 0 Å². The molecule has 0 atom stereocenters. The Balaban J connectivity index is 1.46. The molecule has 0 aromatic heterocycles. The minimum Gasteiger partial charge on any atom is -0.372 e. The Labute approximate surface area is 163 Å². The Morgan fingerprint density at radius 1 is 0.889 bits per heavy atom. The summed E-state index contributed by atoms with van der Waals surface area (Å²) in [6, 6.07) is 15.8. The van der Waals surface area contributed by atoms with Crippen LogP contribution in [0.4, 0.5) is 5.69 Å². The third kappa shape index (κ3) is 5.56. The number of piperidine rings is 1. The van der Waals surface area contributed by atoms with Gasteiger partial charge >= 0.3 is 0 Å². The first kappa shape index (κ1) is 19.9. The van der Waals surface area contributed by atoms with Crippen molar-refractivity contribution in [2.45, 2.75) is 50.3 Å². The van der Waals surface area contributed by atoms with Gasteiger partial charge in [-0.1, -0.05) is 31.2 Å². The second-order valence-corrected chi connectivity index (χ2v) is 8.98. The first-order valence-corrected chi connectivity index (χ1v) is 11.5. The number of anilines is 1. The van der Waals surface area contributed by atoms with Crippen LogP contribution in [0, 0.1) is 0 Å². The van der Waals surface area contributed by atoms with E-state index in [9.17, 15) is 8.42 Å². The maximum absolute atomic E-state index is 12.3. The van der Waals surface area contributed by atoms with Crippen LogP contribution in [-0.4, -0.2) is 28.1 Å². The van der Waals surface area contributed by atoms with Gasteiger partial charge in [-0.25, -0.2) is 13.1 Å². The standard InChI is InChI=1S/C22H30N2O2S/c1-2-19-10-14-22(15-11-19)27(25,26)23-16-6-7-20-8-12-21(13-9-20)24-17-4-3-5-18-24/h8-15,23H,2-7,16-18H2,1H3. The van der Waals surface area contributed by atoms with Crippen molar-refractivity contribution in [2.24, 2.45) is 0 Å². The molecule has 1 aliphatic rings. The van der Waals surface area contributed by atoms with E-state index in [1.54, 1.807) is 12.1 Å². The first-order chi connectivity index (χ1) is 13.1. The minimum atomic E-state index is -3.42. The lowest BCUT2D eigenvalue weighted by molar-refractivity contribution is 0.577. The van der Waals surface area contributed by atoms with Gasteiger partial charge in [0.1, 0.15) is 0 Å². The zero-order valence-corrected chi connectivity index (χ0v) is 17.0. The highest BCUT2D eigenvalue weighted by molar-refractivity contribution is 7.89. The monoisotopic (exact) mass is 386 g/mol. The maximum Gasteiger partial charge on any atom is 0.240 e. The van der Waals surface area contributed by atoms with Gasteiger partial charge < -0.3 is 4.90 Å². The summed E-state index contributed by atoms with van der Waals surface area (Å²) in [5, 5.41) is 0. The summed E-state index contributed by atoms with van der Waals surface area (Å²) in [6.07, 6.45) is 6.47. The summed E-state index contributed by atoms with van der Waals surface area (Å²) in [4.78, 5) is 2.79.